The number of hydrogen-bond acceptors (Lipinski definition) is 3. The Balaban J connectivity index is 0.00000225. The monoisotopic (exact) mass is 363 g/mol. The summed E-state index contributed by atoms with van der Waals surface area (Å²) in [5, 5.41) is 6.27. The largest absolute Gasteiger partial charge is 0.351 e. The Bertz CT molecular complexity index is 618. The van der Waals surface area contributed by atoms with E-state index in [9.17, 15) is 9.59 Å². The van der Waals surface area contributed by atoms with Gasteiger partial charge in [0.15, 0.2) is 0 Å². The molecule has 25 heavy (non-hydrogen) atoms. The summed E-state index contributed by atoms with van der Waals surface area (Å²) in [7, 11) is 0. The highest BCUT2D eigenvalue weighted by atomic mass is 35.5. The lowest BCUT2D eigenvalue weighted by Gasteiger charge is -2.24. The maximum atomic E-state index is 12.6. The van der Waals surface area contributed by atoms with Crippen LogP contribution < -0.4 is 10.6 Å². The maximum absolute atomic E-state index is 12.6. The predicted molar refractivity (Wildman–Crippen MR) is 101 cm³/mol. The van der Waals surface area contributed by atoms with Crippen LogP contribution in [0.4, 0.5) is 0 Å². The third-order valence-corrected chi connectivity index (χ3v) is 4.72. The zero-order valence-electron chi connectivity index (χ0n) is 14.4. The van der Waals surface area contributed by atoms with Crippen molar-refractivity contribution in [1.29, 1.82) is 0 Å². The van der Waals surface area contributed by atoms with Crippen molar-refractivity contribution < 1.29 is 9.59 Å². The summed E-state index contributed by atoms with van der Waals surface area (Å²) < 4.78 is 0. The number of carbonyl (C=O) groups excluding carboxylic acids is 2. The molecule has 5 nitrogen and oxygen atoms in total. The van der Waals surface area contributed by atoms with Crippen LogP contribution in [-0.2, 0) is 16.0 Å². The molecule has 1 atom stereocenters. The number of amides is 2. The average Bonchev–Trinajstić information content (AvgIpc) is 3.11. The smallest absolute Gasteiger partial charge is 0.243 e. The van der Waals surface area contributed by atoms with Crippen molar-refractivity contribution in [2.24, 2.45) is 0 Å². The first-order valence-electron chi connectivity index (χ1n) is 8.74. The quantitative estimate of drug-likeness (QED) is 0.782. The van der Waals surface area contributed by atoms with Crippen LogP contribution in [-0.4, -0.2) is 48.9 Å². The van der Waals surface area contributed by atoms with E-state index in [0.29, 0.717) is 19.5 Å². The van der Waals surface area contributed by atoms with Crippen LogP contribution in [0.3, 0.4) is 0 Å². The van der Waals surface area contributed by atoms with Gasteiger partial charge in [0.05, 0.1) is 6.42 Å². The van der Waals surface area contributed by atoms with E-state index in [2.05, 4.69) is 16.7 Å². The van der Waals surface area contributed by atoms with Crippen molar-refractivity contribution in [3.8, 4) is 0 Å². The number of likely N-dealkylation sites (tertiary alicyclic amines) is 1. The van der Waals surface area contributed by atoms with E-state index in [-0.39, 0.29) is 30.3 Å². The Morgan fingerprint density at radius 3 is 2.76 bits per heavy atom. The van der Waals surface area contributed by atoms with Crippen molar-refractivity contribution in [3.63, 3.8) is 0 Å². The van der Waals surface area contributed by atoms with Crippen LogP contribution in [0.1, 0.15) is 24.8 Å². The lowest BCUT2D eigenvalue weighted by atomic mass is 10.1. The molecule has 6 heteroatoms. The van der Waals surface area contributed by atoms with Crippen LogP contribution in [0.5, 0.6) is 0 Å². The number of carbonyl (C=O) groups is 2. The molecule has 0 aliphatic carbocycles. The van der Waals surface area contributed by atoms with Gasteiger partial charge in [-0.15, -0.1) is 12.4 Å². The van der Waals surface area contributed by atoms with Gasteiger partial charge >= 0.3 is 0 Å². The van der Waals surface area contributed by atoms with E-state index in [1.807, 2.05) is 30.3 Å². The molecule has 0 aromatic heterocycles. The van der Waals surface area contributed by atoms with Crippen LogP contribution in [0.2, 0.25) is 0 Å². The number of benzene rings is 1. The van der Waals surface area contributed by atoms with Gasteiger partial charge in [-0.05, 0) is 31.4 Å². The number of rotatable bonds is 5. The van der Waals surface area contributed by atoms with E-state index < -0.39 is 0 Å². The van der Waals surface area contributed by atoms with Gasteiger partial charge in [-0.25, -0.2) is 0 Å². The molecule has 0 spiro atoms. The number of halogens is 1. The van der Waals surface area contributed by atoms with Crippen molar-refractivity contribution in [3.05, 3.63) is 47.5 Å². The van der Waals surface area contributed by atoms with Gasteiger partial charge in [0.2, 0.25) is 11.8 Å². The van der Waals surface area contributed by atoms with E-state index in [1.54, 1.807) is 4.90 Å². The second-order valence-electron chi connectivity index (χ2n) is 6.44. The van der Waals surface area contributed by atoms with E-state index in [1.165, 1.54) is 5.57 Å². The summed E-state index contributed by atoms with van der Waals surface area (Å²) in [6.07, 6.45) is 5.12. The molecule has 136 valence electrons. The maximum Gasteiger partial charge on any atom is 0.243 e. The minimum absolute atomic E-state index is 0. The number of hydrogen-bond donors (Lipinski definition) is 2. The summed E-state index contributed by atoms with van der Waals surface area (Å²) in [4.78, 5) is 26.8. The highest BCUT2D eigenvalue weighted by molar-refractivity contribution is 5.89. The molecule has 0 saturated carbocycles. The van der Waals surface area contributed by atoms with Gasteiger partial charge in [0.25, 0.3) is 0 Å². The van der Waals surface area contributed by atoms with E-state index in [4.69, 9.17) is 0 Å². The van der Waals surface area contributed by atoms with E-state index in [0.717, 1.165) is 37.9 Å². The van der Waals surface area contributed by atoms with E-state index >= 15 is 0 Å². The van der Waals surface area contributed by atoms with Crippen LogP contribution in [0, 0.1) is 0 Å². The fraction of sp³-hybridized carbons (Fsp3) is 0.474. The highest BCUT2D eigenvalue weighted by Crippen LogP contribution is 2.19. The Labute approximate surface area is 155 Å². The molecule has 2 amide bonds. The van der Waals surface area contributed by atoms with Gasteiger partial charge in [0.1, 0.15) is 6.04 Å². The van der Waals surface area contributed by atoms with Crippen LogP contribution >= 0.6 is 12.4 Å². The Kier molecular flexibility index (Phi) is 7.47. The fourth-order valence-electron chi connectivity index (χ4n) is 3.36. The second-order valence-corrected chi connectivity index (χ2v) is 6.44. The first kappa shape index (κ1) is 19.5. The van der Waals surface area contributed by atoms with Crippen molar-refractivity contribution >= 4 is 24.2 Å². The first-order valence-corrected chi connectivity index (χ1v) is 8.74. The normalized spacial score (nSPS) is 19.8. The zero-order valence-corrected chi connectivity index (χ0v) is 15.2. The summed E-state index contributed by atoms with van der Waals surface area (Å²) in [5.41, 5.74) is 2.26. The lowest BCUT2D eigenvalue weighted by Crippen LogP contribution is -2.47. The minimum Gasteiger partial charge on any atom is -0.351 e. The molecular formula is C19H26ClN3O2. The third kappa shape index (κ3) is 5.31. The van der Waals surface area contributed by atoms with Gasteiger partial charge in [-0.1, -0.05) is 42.0 Å². The molecule has 3 rings (SSSR count). The summed E-state index contributed by atoms with van der Waals surface area (Å²) in [5.74, 6) is 0.0216. The number of nitrogens with zero attached hydrogens (tertiary/aromatic N) is 1. The third-order valence-electron chi connectivity index (χ3n) is 4.72. The summed E-state index contributed by atoms with van der Waals surface area (Å²) >= 11 is 0. The SMILES string of the molecule is Cl.O=C(NCC1=CCNCC1)C1CCCN1C(=O)Cc1ccccc1. The Hall–Kier alpha value is -1.85. The molecule has 2 aliphatic heterocycles. The summed E-state index contributed by atoms with van der Waals surface area (Å²) in [6, 6.07) is 9.39. The van der Waals surface area contributed by atoms with Gasteiger partial charge in [-0.2, -0.15) is 0 Å². The highest BCUT2D eigenvalue weighted by Gasteiger charge is 2.33. The molecule has 2 aliphatic rings. The Morgan fingerprint density at radius 1 is 1.24 bits per heavy atom. The first-order chi connectivity index (χ1) is 11.7. The fourth-order valence-corrected chi connectivity index (χ4v) is 3.36. The van der Waals surface area contributed by atoms with Gasteiger partial charge in [-0.3, -0.25) is 9.59 Å². The van der Waals surface area contributed by atoms with Crippen molar-refractivity contribution in [1.82, 2.24) is 15.5 Å². The van der Waals surface area contributed by atoms with Gasteiger partial charge < -0.3 is 15.5 Å². The van der Waals surface area contributed by atoms with Crippen LogP contribution in [0.25, 0.3) is 0 Å². The molecule has 1 saturated heterocycles. The molecule has 1 aromatic rings. The molecule has 0 radical (unpaired) electrons. The Morgan fingerprint density at radius 2 is 2.04 bits per heavy atom. The molecule has 1 aromatic carbocycles. The molecule has 0 bridgehead atoms. The van der Waals surface area contributed by atoms with Crippen molar-refractivity contribution in [2.75, 3.05) is 26.2 Å². The minimum atomic E-state index is -0.316. The zero-order chi connectivity index (χ0) is 16.8. The summed E-state index contributed by atoms with van der Waals surface area (Å²) in [6.45, 7) is 3.11. The lowest BCUT2D eigenvalue weighted by molar-refractivity contribution is -0.137. The molecular weight excluding hydrogens is 338 g/mol. The molecule has 1 fully saturated rings. The van der Waals surface area contributed by atoms with Gasteiger partial charge in [0, 0.05) is 19.6 Å². The molecule has 2 heterocycles. The molecule has 1 unspecified atom stereocenters. The average molecular weight is 364 g/mol. The predicted octanol–water partition coefficient (Wildman–Crippen LogP) is 1.68. The van der Waals surface area contributed by atoms with Crippen LogP contribution in [0.15, 0.2) is 42.0 Å². The second kappa shape index (κ2) is 9.59. The number of nitrogens with one attached hydrogen (secondary N) is 2. The topological polar surface area (TPSA) is 61.4 Å². The van der Waals surface area contributed by atoms with Crippen molar-refractivity contribution in [2.45, 2.75) is 31.7 Å². The molecule has 2 N–H and O–H groups in total. The standard InChI is InChI=1S/C19H25N3O2.ClH/c23-18(13-15-5-2-1-3-6-15)22-12-4-7-17(22)19(24)21-14-16-8-10-20-11-9-16;/h1-3,5-6,8,17,20H,4,7,9-14H2,(H,21,24);1H.